The molecule has 1 aromatic rings. The van der Waals surface area contributed by atoms with Gasteiger partial charge in [0, 0.05) is 32.2 Å². The molecule has 0 amide bonds. The van der Waals surface area contributed by atoms with Crippen LogP contribution in [0.15, 0.2) is 30.3 Å². The van der Waals surface area contributed by atoms with E-state index >= 15 is 0 Å². The summed E-state index contributed by atoms with van der Waals surface area (Å²) in [6.07, 6.45) is 0.776. The van der Waals surface area contributed by atoms with E-state index in [1.165, 1.54) is 5.56 Å². The van der Waals surface area contributed by atoms with Gasteiger partial charge >= 0.3 is 0 Å². The van der Waals surface area contributed by atoms with E-state index in [1.807, 2.05) is 6.07 Å². The van der Waals surface area contributed by atoms with Gasteiger partial charge in [-0.2, -0.15) is 0 Å². The normalized spacial score (nSPS) is 35.9. The molecule has 0 spiro atoms. The van der Waals surface area contributed by atoms with Crippen LogP contribution in [0.2, 0.25) is 0 Å². The van der Waals surface area contributed by atoms with E-state index in [1.54, 1.807) is 0 Å². The molecule has 0 radical (unpaired) electrons. The first kappa shape index (κ1) is 12.2. The Morgan fingerprint density at radius 3 is 2.56 bits per heavy atom. The molecule has 2 bridgehead atoms. The third kappa shape index (κ3) is 2.18. The van der Waals surface area contributed by atoms with Crippen molar-refractivity contribution in [2.45, 2.75) is 19.1 Å². The SMILES string of the molecule is OC[C@H]1[C@H]2C[C@H](CN(Cc3ccccc3)C2)[C@@H]1O. The first-order valence-electron chi connectivity index (χ1n) is 6.83. The van der Waals surface area contributed by atoms with Gasteiger partial charge in [-0.1, -0.05) is 30.3 Å². The number of rotatable bonds is 3. The van der Waals surface area contributed by atoms with Crippen LogP contribution in [0.3, 0.4) is 0 Å². The van der Waals surface area contributed by atoms with Gasteiger partial charge in [-0.25, -0.2) is 0 Å². The summed E-state index contributed by atoms with van der Waals surface area (Å²) in [5.41, 5.74) is 1.33. The zero-order valence-electron chi connectivity index (χ0n) is 10.6. The fourth-order valence-electron chi connectivity index (χ4n) is 3.69. The van der Waals surface area contributed by atoms with Gasteiger partial charge in [0.25, 0.3) is 0 Å². The van der Waals surface area contributed by atoms with E-state index in [-0.39, 0.29) is 18.6 Å². The molecule has 1 saturated heterocycles. The van der Waals surface area contributed by atoms with Crippen molar-refractivity contribution in [1.82, 2.24) is 4.90 Å². The molecular formula is C15H21NO2. The number of fused-ring (bicyclic) bond motifs is 2. The molecule has 0 unspecified atom stereocenters. The fraction of sp³-hybridized carbons (Fsp3) is 0.600. The quantitative estimate of drug-likeness (QED) is 0.841. The maximum atomic E-state index is 10.2. The first-order chi connectivity index (χ1) is 8.78. The summed E-state index contributed by atoms with van der Waals surface area (Å²) in [4.78, 5) is 2.42. The van der Waals surface area contributed by atoms with Crippen molar-refractivity contribution in [2.75, 3.05) is 19.7 Å². The number of hydrogen-bond donors (Lipinski definition) is 2. The maximum absolute atomic E-state index is 10.2. The summed E-state index contributed by atoms with van der Waals surface area (Å²) < 4.78 is 0. The van der Waals surface area contributed by atoms with E-state index in [0.717, 1.165) is 26.1 Å². The third-order valence-corrected chi connectivity index (χ3v) is 4.58. The Morgan fingerprint density at radius 2 is 1.83 bits per heavy atom. The number of piperidine rings is 1. The van der Waals surface area contributed by atoms with Crippen LogP contribution < -0.4 is 0 Å². The summed E-state index contributed by atoms with van der Waals surface area (Å²) in [5.74, 6) is 0.910. The second-order valence-electron chi connectivity index (χ2n) is 5.77. The standard InChI is InChI=1S/C15H21NO2/c17-10-14-12-6-13(15(14)18)9-16(8-12)7-11-4-2-1-3-5-11/h1-5,12-15,17-18H,6-10H2/t12-,13+,14-,15-/m0/s1. The molecule has 4 atom stereocenters. The molecular weight excluding hydrogens is 226 g/mol. The zero-order valence-corrected chi connectivity index (χ0v) is 10.6. The Kier molecular flexibility index (Phi) is 3.37. The molecule has 2 fully saturated rings. The monoisotopic (exact) mass is 247 g/mol. The summed E-state index contributed by atoms with van der Waals surface area (Å²) >= 11 is 0. The molecule has 2 N–H and O–H groups in total. The Labute approximate surface area is 108 Å². The number of aliphatic hydroxyl groups is 2. The summed E-state index contributed by atoms with van der Waals surface area (Å²) in [6.45, 7) is 3.05. The molecule has 1 aliphatic carbocycles. The third-order valence-electron chi connectivity index (χ3n) is 4.58. The number of aliphatic hydroxyl groups excluding tert-OH is 2. The summed E-state index contributed by atoms with van der Waals surface area (Å²) in [5, 5.41) is 19.5. The van der Waals surface area contributed by atoms with E-state index < -0.39 is 0 Å². The van der Waals surface area contributed by atoms with E-state index in [2.05, 4.69) is 29.2 Å². The van der Waals surface area contributed by atoms with Crippen molar-refractivity contribution in [3.05, 3.63) is 35.9 Å². The molecule has 1 aromatic carbocycles. The van der Waals surface area contributed by atoms with Crippen LogP contribution in [0, 0.1) is 17.8 Å². The lowest BCUT2D eigenvalue weighted by Crippen LogP contribution is -2.37. The molecule has 3 rings (SSSR count). The van der Waals surface area contributed by atoms with Crippen molar-refractivity contribution in [1.29, 1.82) is 0 Å². The lowest BCUT2D eigenvalue weighted by atomic mass is 9.94. The smallest absolute Gasteiger partial charge is 0.0633 e. The Hall–Kier alpha value is -0.900. The highest BCUT2D eigenvalue weighted by atomic mass is 16.3. The lowest BCUT2D eigenvalue weighted by molar-refractivity contribution is 0.0567. The second-order valence-corrected chi connectivity index (χ2v) is 5.77. The Bertz CT molecular complexity index is 395. The van der Waals surface area contributed by atoms with Gasteiger partial charge in [0.1, 0.15) is 0 Å². The van der Waals surface area contributed by atoms with Crippen molar-refractivity contribution in [3.63, 3.8) is 0 Å². The Balaban J connectivity index is 1.67. The summed E-state index contributed by atoms with van der Waals surface area (Å²) in [7, 11) is 0. The van der Waals surface area contributed by atoms with Crippen LogP contribution in [0.4, 0.5) is 0 Å². The van der Waals surface area contributed by atoms with Crippen molar-refractivity contribution in [3.8, 4) is 0 Å². The van der Waals surface area contributed by atoms with Gasteiger partial charge in [0.2, 0.25) is 0 Å². The second kappa shape index (κ2) is 5.00. The predicted molar refractivity (Wildman–Crippen MR) is 69.9 cm³/mol. The van der Waals surface area contributed by atoms with Gasteiger partial charge in [-0.3, -0.25) is 4.90 Å². The first-order valence-corrected chi connectivity index (χ1v) is 6.83. The highest BCUT2D eigenvalue weighted by Gasteiger charge is 2.46. The minimum atomic E-state index is -0.305. The lowest BCUT2D eigenvalue weighted by Gasteiger charge is -2.32. The average Bonchev–Trinajstić information content (AvgIpc) is 2.61. The Morgan fingerprint density at radius 1 is 1.11 bits per heavy atom. The van der Waals surface area contributed by atoms with Crippen LogP contribution in [0.5, 0.6) is 0 Å². The number of likely N-dealkylation sites (tertiary alicyclic amines) is 1. The zero-order chi connectivity index (χ0) is 12.5. The van der Waals surface area contributed by atoms with Crippen LogP contribution in [0.25, 0.3) is 0 Å². The van der Waals surface area contributed by atoms with Crippen LogP contribution >= 0.6 is 0 Å². The highest BCUT2D eigenvalue weighted by Crippen LogP contribution is 2.41. The van der Waals surface area contributed by atoms with Gasteiger partial charge in [0.15, 0.2) is 0 Å². The fourth-order valence-corrected chi connectivity index (χ4v) is 3.69. The van der Waals surface area contributed by atoms with Crippen LogP contribution in [0.1, 0.15) is 12.0 Å². The predicted octanol–water partition coefficient (Wildman–Crippen LogP) is 1.11. The molecule has 1 saturated carbocycles. The largest absolute Gasteiger partial charge is 0.396 e. The van der Waals surface area contributed by atoms with Crippen LogP contribution in [-0.4, -0.2) is 40.9 Å². The van der Waals surface area contributed by atoms with Gasteiger partial charge < -0.3 is 10.2 Å². The van der Waals surface area contributed by atoms with Crippen molar-refractivity contribution >= 4 is 0 Å². The number of nitrogens with zero attached hydrogens (tertiary/aromatic N) is 1. The highest BCUT2D eigenvalue weighted by molar-refractivity contribution is 5.15. The van der Waals surface area contributed by atoms with Crippen LogP contribution in [-0.2, 0) is 6.54 Å². The minimum Gasteiger partial charge on any atom is -0.396 e. The van der Waals surface area contributed by atoms with Gasteiger partial charge in [0.05, 0.1) is 6.10 Å². The average molecular weight is 247 g/mol. The van der Waals surface area contributed by atoms with E-state index in [0.29, 0.717) is 11.8 Å². The van der Waals surface area contributed by atoms with E-state index in [4.69, 9.17) is 0 Å². The molecule has 1 aliphatic heterocycles. The number of hydrogen-bond acceptors (Lipinski definition) is 3. The molecule has 2 aliphatic rings. The molecule has 0 aromatic heterocycles. The number of benzene rings is 1. The molecule has 18 heavy (non-hydrogen) atoms. The van der Waals surface area contributed by atoms with Crippen molar-refractivity contribution in [2.24, 2.45) is 17.8 Å². The minimum absolute atomic E-state index is 0.0933. The van der Waals surface area contributed by atoms with Gasteiger partial charge in [-0.15, -0.1) is 0 Å². The van der Waals surface area contributed by atoms with Gasteiger partial charge in [-0.05, 0) is 23.8 Å². The molecule has 1 heterocycles. The topological polar surface area (TPSA) is 43.7 Å². The summed E-state index contributed by atoms with van der Waals surface area (Å²) in [6, 6.07) is 10.5. The van der Waals surface area contributed by atoms with E-state index in [9.17, 15) is 10.2 Å². The van der Waals surface area contributed by atoms with Crippen molar-refractivity contribution < 1.29 is 10.2 Å². The molecule has 98 valence electrons. The molecule has 3 heteroatoms. The maximum Gasteiger partial charge on any atom is 0.0633 e. The molecule has 3 nitrogen and oxygen atoms in total.